The summed E-state index contributed by atoms with van der Waals surface area (Å²) in [5.74, 6) is 0. The van der Waals surface area contributed by atoms with Gasteiger partial charge in [-0.1, -0.05) is 18.2 Å². The highest BCUT2D eigenvalue weighted by molar-refractivity contribution is 7.91. The minimum atomic E-state index is -4.07. The van der Waals surface area contributed by atoms with E-state index in [2.05, 4.69) is 9.82 Å². The van der Waals surface area contributed by atoms with Gasteiger partial charge in [-0.15, -0.1) is 11.3 Å². The summed E-state index contributed by atoms with van der Waals surface area (Å²) in [5, 5.41) is 13.6. The normalized spacial score (nSPS) is 16.1. The Hall–Kier alpha value is -3.57. The lowest BCUT2D eigenvalue weighted by Crippen LogP contribution is -2.40. The average Bonchev–Trinajstić information content (AvgIpc) is 3.24. The van der Waals surface area contributed by atoms with Crippen LogP contribution in [0.1, 0.15) is 35.1 Å². The van der Waals surface area contributed by atoms with Gasteiger partial charge in [0.1, 0.15) is 14.6 Å². The van der Waals surface area contributed by atoms with Gasteiger partial charge in [0.05, 0.1) is 44.0 Å². The van der Waals surface area contributed by atoms with Crippen molar-refractivity contribution in [2.24, 2.45) is 7.05 Å². The highest BCUT2D eigenvalue weighted by atomic mass is 32.2. The Morgan fingerprint density at radius 1 is 1.14 bits per heavy atom. The van der Waals surface area contributed by atoms with E-state index in [1.165, 1.54) is 10.6 Å². The molecule has 1 aliphatic carbocycles. The summed E-state index contributed by atoms with van der Waals surface area (Å²) in [7, 11) is -2.33. The summed E-state index contributed by atoms with van der Waals surface area (Å²) < 4.78 is 38.2. The minimum Gasteiger partial charge on any atom is -0.372 e. The predicted octanol–water partition coefficient (Wildman–Crippen LogP) is 1.42. The summed E-state index contributed by atoms with van der Waals surface area (Å²) in [5.41, 5.74) is 1.38. The van der Waals surface area contributed by atoms with Crippen molar-refractivity contribution in [1.82, 2.24) is 23.6 Å². The third kappa shape index (κ3) is 4.21. The number of benzene rings is 1. The number of fused-ring (bicyclic) bond motifs is 2. The van der Waals surface area contributed by atoms with Crippen LogP contribution in [0, 0.1) is 11.3 Å². The molecule has 190 valence electrons. The second-order valence-electron chi connectivity index (χ2n) is 9.46. The van der Waals surface area contributed by atoms with Crippen molar-refractivity contribution < 1.29 is 13.2 Å². The zero-order valence-corrected chi connectivity index (χ0v) is 21.4. The highest BCUT2D eigenvalue weighted by Crippen LogP contribution is 2.37. The van der Waals surface area contributed by atoms with E-state index >= 15 is 0 Å². The molecule has 0 saturated heterocycles. The Morgan fingerprint density at radius 2 is 1.89 bits per heavy atom. The molecular formula is C24H22N6O5S2. The molecule has 1 N–H and O–H groups in total. The first-order valence-corrected chi connectivity index (χ1v) is 13.9. The molecule has 0 unspecified atom stereocenters. The lowest BCUT2D eigenvalue weighted by molar-refractivity contribution is 0.134. The maximum atomic E-state index is 13.7. The van der Waals surface area contributed by atoms with E-state index in [0.29, 0.717) is 31.6 Å². The van der Waals surface area contributed by atoms with Crippen LogP contribution in [0.5, 0.6) is 0 Å². The maximum absolute atomic E-state index is 13.7. The molecule has 4 aromatic rings. The number of nitriles is 1. The minimum absolute atomic E-state index is 0.00675. The van der Waals surface area contributed by atoms with Crippen LogP contribution in [-0.2, 0) is 48.1 Å². The number of hydrogen-bond donors (Lipinski definition) is 1. The fraction of sp³-hybridized carbons (Fsp3) is 0.333. The Morgan fingerprint density at radius 3 is 2.59 bits per heavy atom. The van der Waals surface area contributed by atoms with Crippen molar-refractivity contribution in [3.05, 3.63) is 79.8 Å². The van der Waals surface area contributed by atoms with Gasteiger partial charge < -0.3 is 4.74 Å². The molecule has 1 aliphatic heterocycles. The Bertz CT molecular complexity index is 1840. The van der Waals surface area contributed by atoms with E-state index < -0.39 is 26.8 Å². The van der Waals surface area contributed by atoms with Gasteiger partial charge in [-0.3, -0.25) is 18.6 Å². The summed E-state index contributed by atoms with van der Waals surface area (Å²) in [6, 6.07) is 9.13. The largest absolute Gasteiger partial charge is 0.372 e. The first-order chi connectivity index (χ1) is 17.7. The van der Waals surface area contributed by atoms with Gasteiger partial charge in [-0.05, 0) is 35.6 Å². The molecule has 1 aromatic carbocycles. The van der Waals surface area contributed by atoms with Crippen LogP contribution in [0.25, 0.3) is 10.2 Å². The second kappa shape index (κ2) is 8.49. The number of hydrogen-bond acceptors (Lipinski definition) is 8. The van der Waals surface area contributed by atoms with E-state index in [1.54, 1.807) is 24.1 Å². The van der Waals surface area contributed by atoms with Crippen LogP contribution in [0.3, 0.4) is 0 Å². The van der Waals surface area contributed by atoms with E-state index in [-0.39, 0.29) is 27.5 Å². The zero-order valence-electron chi connectivity index (χ0n) is 19.8. The quantitative estimate of drug-likeness (QED) is 0.375. The van der Waals surface area contributed by atoms with Crippen LogP contribution in [0.2, 0.25) is 0 Å². The molecule has 37 heavy (non-hydrogen) atoms. The summed E-state index contributed by atoms with van der Waals surface area (Å²) in [6.45, 7) is 1.17. The van der Waals surface area contributed by atoms with Gasteiger partial charge in [-0.25, -0.2) is 13.2 Å². The topological polar surface area (TPSA) is 141 Å². The molecule has 0 bridgehead atoms. The average molecular weight is 539 g/mol. The number of sulfonamides is 1. The fourth-order valence-corrected chi connectivity index (χ4v) is 7.32. The van der Waals surface area contributed by atoms with E-state index in [9.17, 15) is 23.3 Å². The molecule has 1 saturated carbocycles. The molecule has 11 nitrogen and oxygen atoms in total. The Kier molecular flexibility index (Phi) is 5.46. The van der Waals surface area contributed by atoms with Crippen molar-refractivity contribution in [2.75, 3.05) is 0 Å². The Balaban J connectivity index is 1.50. The molecule has 0 radical (unpaired) electrons. The van der Waals surface area contributed by atoms with Gasteiger partial charge in [0.25, 0.3) is 15.6 Å². The number of rotatable bonds is 7. The standard InChI is InChI=1S/C24H22N6O5S2/c1-28-9-16(8-26-28)11-29-21(31)19-7-20(37(33,34)27-24(14-25)4-5-24)36-22(19)30(23(29)32)10-15-2-3-17-12-35-13-18(17)6-15/h2-3,6-9,27H,4-5,10-13H2,1H3. The number of ether oxygens (including phenoxy) is 1. The van der Waals surface area contributed by atoms with Crippen LogP contribution in [0.4, 0.5) is 0 Å². The number of nitrogens with one attached hydrogen (secondary N) is 1. The predicted molar refractivity (Wildman–Crippen MR) is 135 cm³/mol. The van der Waals surface area contributed by atoms with Gasteiger partial charge in [-0.2, -0.15) is 15.1 Å². The summed E-state index contributed by atoms with van der Waals surface area (Å²) in [6.07, 6.45) is 4.15. The molecule has 4 heterocycles. The lowest BCUT2D eigenvalue weighted by atomic mass is 10.1. The molecule has 13 heteroatoms. The molecule has 0 amide bonds. The molecule has 0 spiro atoms. The van der Waals surface area contributed by atoms with Crippen molar-refractivity contribution >= 4 is 31.6 Å². The van der Waals surface area contributed by atoms with Crippen molar-refractivity contribution in [1.29, 1.82) is 5.26 Å². The first kappa shape index (κ1) is 23.8. The summed E-state index contributed by atoms with van der Waals surface area (Å²) >= 11 is 0.851. The lowest BCUT2D eigenvalue weighted by Gasteiger charge is -2.12. The van der Waals surface area contributed by atoms with E-state index in [1.807, 2.05) is 24.3 Å². The third-order valence-corrected chi connectivity index (χ3v) is 9.82. The van der Waals surface area contributed by atoms with Crippen LogP contribution < -0.4 is 16.0 Å². The Labute approximate surface area is 215 Å². The van der Waals surface area contributed by atoms with E-state index in [0.717, 1.165) is 32.6 Å². The molecule has 3 aromatic heterocycles. The number of nitrogens with zero attached hydrogens (tertiary/aromatic N) is 5. The smallest absolute Gasteiger partial charge is 0.332 e. The monoisotopic (exact) mass is 538 g/mol. The molecular weight excluding hydrogens is 516 g/mol. The van der Waals surface area contributed by atoms with Gasteiger partial charge in [0.2, 0.25) is 0 Å². The van der Waals surface area contributed by atoms with Crippen molar-refractivity contribution in [3.8, 4) is 6.07 Å². The second-order valence-corrected chi connectivity index (χ2v) is 12.4. The summed E-state index contributed by atoms with van der Waals surface area (Å²) in [4.78, 5) is 27.4. The molecule has 0 atom stereocenters. The van der Waals surface area contributed by atoms with E-state index in [4.69, 9.17) is 4.74 Å². The maximum Gasteiger partial charge on any atom is 0.332 e. The zero-order chi connectivity index (χ0) is 25.9. The molecule has 6 rings (SSSR count). The third-order valence-electron chi connectivity index (χ3n) is 6.66. The first-order valence-electron chi connectivity index (χ1n) is 11.6. The molecule has 2 aliphatic rings. The van der Waals surface area contributed by atoms with Crippen LogP contribution in [-0.4, -0.2) is 32.9 Å². The number of thiophene rings is 1. The fourth-order valence-electron chi connectivity index (χ4n) is 4.50. The van der Waals surface area contributed by atoms with Gasteiger partial charge >= 0.3 is 5.69 Å². The number of aromatic nitrogens is 4. The number of aryl methyl sites for hydroxylation is 1. The van der Waals surface area contributed by atoms with Gasteiger partial charge in [0, 0.05) is 18.8 Å². The SMILES string of the molecule is Cn1cc(Cn2c(=O)c3cc(S(=O)(=O)NC4(C#N)CC4)sc3n(Cc3ccc4c(c3)COC4)c2=O)cn1. The van der Waals surface area contributed by atoms with Crippen molar-refractivity contribution in [2.45, 2.75) is 48.9 Å². The van der Waals surface area contributed by atoms with Crippen LogP contribution in [0.15, 0.2) is 50.5 Å². The molecule has 1 fully saturated rings. The van der Waals surface area contributed by atoms with Gasteiger partial charge in [0.15, 0.2) is 0 Å². The van der Waals surface area contributed by atoms with Crippen molar-refractivity contribution in [3.63, 3.8) is 0 Å². The highest BCUT2D eigenvalue weighted by Gasteiger charge is 2.47. The van der Waals surface area contributed by atoms with Crippen LogP contribution >= 0.6 is 11.3 Å².